The van der Waals surface area contributed by atoms with Crippen LogP contribution in [0.15, 0.2) is 53.4 Å². The van der Waals surface area contributed by atoms with Gasteiger partial charge in [-0.05, 0) is 62.4 Å². The lowest BCUT2D eigenvalue weighted by molar-refractivity contribution is 0.0697. The summed E-state index contributed by atoms with van der Waals surface area (Å²) in [7, 11) is -3.60. The summed E-state index contributed by atoms with van der Waals surface area (Å²) >= 11 is 0. The Hall–Kier alpha value is -2.71. The Labute approximate surface area is 195 Å². The molecule has 0 aromatic heterocycles. The minimum Gasteiger partial charge on any atom is -0.349 e. The van der Waals surface area contributed by atoms with Gasteiger partial charge >= 0.3 is 0 Å². The fourth-order valence-electron chi connectivity index (χ4n) is 4.50. The summed E-state index contributed by atoms with van der Waals surface area (Å²) in [5, 5.41) is 3.05. The van der Waals surface area contributed by atoms with Crippen LogP contribution in [0, 0.1) is 6.92 Å². The van der Waals surface area contributed by atoms with E-state index in [0.717, 1.165) is 24.8 Å². The molecule has 2 heterocycles. The lowest BCUT2D eigenvalue weighted by Gasteiger charge is -2.33. The third-order valence-electron chi connectivity index (χ3n) is 6.55. The van der Waals surface area contributed by atoms with Crippen molar-refractivity contribution in [3.8, 4) is 0 Å². The van der Waals surface area contributed by atoms with Crippen LogP contribution in [0.5, 0.6) is 0 Å². The molecule has 0 unspecified atom stereocenters. The maximum Gasteiger partial charge on any atom is 0.254 e. The van der Waals surface area contributed by atoms with Crippen LogP contribution in [0.3, 0.4) is 0 Å². The Kier molecular flexibility index (Phi) is 7.14. The van der Waals surface area contributed by atoms with E-state index in [1.807, 2.05) is 25.1 Å². The predicted molar refractivity (Wildman–Crippen MR) is 127 cm³/mol. The highest BCUT2D eigenvalue weighted by Crippen LogP contribution is 2.24. The smallest absolute Gasteiger partial charge is 0.254 e. The molecule has 0 spiro atoms. The quantitative estimate of drug-likeness (QED) is 0.729. The highest BCUT2D eigenvalue weighted by Gasteiger charge is 2.29. The number of sulfonamides is 1. The molecule has 33 heavy (non-hydrogen) atoms. The predicted octanol–water partition coefficient (Wildman–Crippen LogP) is 3.20. The molecule has 0 aliphatic carbocycles. The largest absolute Gasteiger partial charge is 0.349 e. The van der Waals surface area contributed by atoms with Gasteiger partial charge < -0.3 is 10.2 Å². The first-order valence-corrected chi connectivity index (χ1v) is 13.1. The first kappa shape index (κ1) is 23.4. The number of hydrogen-bond acceptors (Lipinski definition) is 4. The van der Waals surface area contributed by atoms with Gasteiger partial charge in [-0.1, -0.05) is 30.7 Å². The van der Waals surface area contributed by atoms with Crippen molar-refractivity contribution in [2.75, 3.05) is 26.2 Å². The summed E-state index contributed by atoms with van der Waals surface area (Å²) in [6.07, 6.45) is 4.11. The maximum absolute atomic E-state index is 13.3. The van der Waals surface area contributed by atoms with Crippen molar-refractivity contribution in [3.63, 3.8) is 0 Å². The lowest BCUT2D eigenvalue weighted by Crippen LogP contribution is -2.46. The Morgan fingerprint density at radius 1 is 0.909 bits per heavy atom. The van der Waals surface area contributed by atoms with Gasteiger partial charge in [0.05, 0.1) is 4.90 Å². The molecule has 176 valence electrons. The lowest BCUT2D eigenvalue weighted by atomic mass is 10.0. The average Bonchev–Trinajstić information content (AvgIpc) is 2.85. The fraction of sp³-hybridized carbons (Fsp3) is 0.440. The van der Waals surface area contributed by atoms with Gasteiger partial charge in [-0.2, -0.15) is 4.31 Å². The number of carbonyl (C=O) groups is 2. The molecular weight excluding hydrogens is 438 g/mol. The molecule has 2 aromatic rings. The summed E-state index contributed by atoms with van der Waals surface area (Å²) in [4.78, 5) is 27.6. The number of amides is 2. The topological polar surface area (TPSA) is 86.8 Å². The zero-order valence-corrected chi connectivity index (χ0v) is 19.8. The van der Waals surface area contributed by atoms with Crippen molar-refractivity contribution >= 4 is 21.8 Å². The van der Waals surface area contributed by atoms with Crippen molar-refractivity contribution in [2.45, 2.75) is 50.0 Å². The Bertz CT molecular complexity index is 1100. The molecule has 2 aliphatic heterocycles. The molecule has 8 heteroatoms. The number of carbonyl (C=O) groups excluding carboxylic acids is 2. The summed E-state index contributed by atoms with van der Waals surface area (Å²) < 4.78 is 27.7. The Balaban J connectivity index is 1.41. The van der Waals surface area contributed by atoms with Gasteiger partial charge in [0.25, 0.3) is 11.8 Å². The standard InChI is InChI=1S/C25H31N3O4S/c1-19-10-11-22(33(31,32)28-14-6-3-7-15-28)18-23(19)25(30)27-16-12-21(13-17-27)26-24(29)20-8-4-2-5-9-20/h2,4-5,8-11,18,21H,3,6-7,12-17H2,1H3,(H,26,29). The van der Waals surface area contributed by atoms with E-state index in [0.29, 0.717) is 50.1 Å². The van der Waals surface area contributed by atoms with Gasteiger partial charge in [0, 0.05) is 43.3 Å². The van der Waals surface area contributed by atoms with Crippen LogP contribution in [0.2, 0.25) is 0 Å². The van der Waals surface area contributed by atoms with Crippen molar-refractivity contribution in [2.24, 2.45) is 0 Å². The summed E-state index contributed by atoms with van der Waals surface area (Å²) in [6, 6.07) is 14.0. The molecule has 7 nitrogen and oxygen atoms in total. The second-order valence-corrected chi connectivity index (χ2v) is 10.8. The van der Waals surface area contributed by atoms with Gasteiger partial charge in [-0.25, -0.2) is 8.42 Å². The van der Waals surface area contributed by atoms with Crippen LogP contribution in [-0.4, -0.2) is 61.7 Å². The molecule has 2 amide bonds. The fourth-order valence-corrected chi connectivity index (χ4v) is 6.05. The number of aryl methyl sites for hydroxylation is 1. The van der Waals surface area contributed by atoms with E-state index in [-0.39, 0.29) is 22.8 Å². The van der Waals surface area contributed by atoms with Crippen LogP contribution in [-0.2, 0) is 10.0 Å². The Morgan fingerprint density at radius 2 is 1.58 bits per heavy atom. The summed E-state index contributed by atoms with van der Waals surface area (Å²) in [6.45, 7) is 3.92. The molecule has 2 aromatic carbocycles. The second-order valence-electron chi connectivity index (χ2n) is 8.85. The molecule has 0 radical (unpaired) electrons. The van der Waals surface area contributed by atoms with Crippen LogP contribution in [0.1, 0.15) is 58.4 Å². The zero-order valence-electron chi connectivity index (χ0n) is 19.0. The average molecular weight is 470 g/mol. The highest BCUT2D eigenvalue weighted by atomic mass is 32.2. The number of hydrogen-bond donors (Lipinski definition) is 1. The molecule has 0 bridgehead atoms. The van der Waals surface area contributed by atoms with E-state index >= 15 is 0 Å². The number of nitrogens with zero attached hydrogens (tertiary/aromatic N) is 2. The van der Waals surface area contributed by atoms with E-state index in [1.165, 1.54) is 10.4 Å². The van der Waals surface area contributed by atoms with Crippen molar-refractivity contribution in [3.05, 3.63) is 65.2 Å². The van der Waals surface area contributed by atoms with Crippen LogP contribution in [0.4, 0.5) is 0 Å². The van der Waals surface area contributed by atoms with E-state index in [4.69, 9.17) is 0 Å². The molecule has 2 saturated heterocycles. The third-order valence-corrected chi connectivity index (χ3v) is 8.44. The molecule has 4 rings (SSSR count). The van der Waals surface area contributed by atoms with Crippen LogP contribution in [0.25, 0.3) is 0 Å². The molecule has 1 N–H and O–H groups in total. The minimum absolute atomic E-state index is 0.00802. The number of nitrogens with one attached hydrogen (secondary N) is 1. The van der Waals surface area contributed by atoms with Crippen LogP contribution < -0.4 is 5.32 Å². The van der Waals surface area contributed by atoms with Gasteiger partial charge in [-0.15, -0.1) is 0 Å². The normalized spacial score (nSPS) is 18.2. The third kappa shape index (κ3) is 5.28. The number of rotatable bonds is 5. The second kappa shape index (κ2) is 10.1. The van der Waals surface area contributed by atoms with Gasteiger partial charge in [0.1, 0.15) is 0 Å². The number of benzene rings is 2. The summed E-state index contributed by atoms with van der Waals surface area (Å²) in [5.74, 6) is -0.261. The maximum atomic E-state index is 13.3. The minimum atomic E-state index is -3.60. The van der Waals surface area contributed by atoms with Crippen molar-refractivity contribution < 1.29 is 18.0 Å². The number of likely N-dealkylation sites (tertiary alicyclic amines) is 1. The monoisotopic (exact) mass is 469 g/mol. The van der Waals surface area contributed by atoms with Gasteiger partial charge in [0.15, 0.2) is 0 Å². The Morgan fingerprint density at radius 3 is 2.24 bits per heavy atom. The molecule has 0 atom stereocenters. The number of piperidine rings is 2. The molecule has 2 aliphatic rings. The first-order valence-electron chi connectivity index (χ1n) is 11.6. The van der Waals surface area contributed by atoms with Crippen molar-refractivity contribution in [1.82, 2.24) is 14.5 Å². The van der Waals surface area contributed by atoms with E-state index in [2.05, 4.69) is 5.32 Å². The SMILES string of the molecule is Cc1ccc(S(=O)(=O)N2CCCCC2)cc1C(=O)N1CCC(NC(=O)c2ccccc2)CC1. The van der Waals surface area contributed by atoms with Gasteiger partial charge in [0.2, 0.25) is 10.0 Å². The van der Waals surface area contributed by atoms with Crippen LogP contribution >= 0.6 is 0 Å². The van der Waals surface area contributed by atoms with E-state index < -0.39 is 10.0 Å². The molecule has 0 saturated carbocycles. The molecular formula is C25H31N3O4S. The van der Waals surface area contributed by atoms with E-state index in [9.17, 15) is 18.0 Å². The van der Waals surface area contributed by atoms with Gasteiger partial charge in [-0.3, -0.25) is 9.59 Å². The zero-order chi connectivity index (χ0) is 23.4. The van der Waals surface area contributed by atoms with Crippen molar-refractivity contribution in [1.29, 1.82) is 0 Å². The molecule has 2 fully saturated rings. The van der Waals surface area contributed by atoms with E-state index in [1.54, 1.807) is 29.2 Å². The highest BCUT2D eigenvalue weighted by molar-refractivity contribution is 7.89. The summed E-state index contributed by atoms with van der Waals surface area (Å²) in [5.41, 5.74) is 1.82. The first-order chi connectivity index (χ1) is 15.9.